The number of carbonyl (C=O) groups excluding carboxylic acids is 2. The molecule has 0 aliphatic heterocycles. The van der Waals surface area contributed by atoms with Gasteiger partial charge in [-0.2, -0.15) is 0 Å². The van der Waals surface area contributed by atoms with Crippen LogP contribution in [0.5, 0.6) is 0 Å². The lowest BCUT2D eigenvalue weighted by atomic mass is 10.1. The molecule has 8 heteroatoms. The van der Waals surface area contributed by atoms with E-state index in [1.54, 1.807) is 25.1 Å². The van der Waals surface area contributed by atoms with E-state index in [4.69, 9.17) is 0 Å². The van der Waals surface area contributed by atoms with Crippen molar-refractivity contribution in [2.75, 3.05) is 6.54 Å². The van der Waals surface area contributed by atoms with Crippen LogP contribution in [0.25, 0.3) is 0 Å². The molecule has 2 aromatic rings. The number of nitrogens with one attached hydrogen (secondary N) is 1. The van der Waals surface area contributed by atoms with E-state index in [1.807, 2.05) is 31.2 Å². The van der Waals surface area contributed by atoms with E-state index in [2.05, 4.69) is 21.2 Å². The molecule has 2 rings (SSSR count). The zero-order chi connectivity index (χ0) is 22.1. The molecule has 30 heavy (non-hydrogen) atoms. The first-order valence-electron chi connectivity index (χ1n) is 9.87. The zero-order valence-corrected chi connectivity index (χ0v) is 18.7. The van der Waals surface area contributed by atoms with Crippen LogP contribution >= 0.6 is 15.9 Å². The molecular formula is C22H26BrN3O4. The Morgan fingerprint density at radius 1 is 1.20 bits per heavy atom. The Kier molecular flexibility index (Phi) is 8.98. The molecule has 0 saturated carbocycles. The van der Waals surface area contributed by atoms with Crippen molar-refractivity contribution in [1.29, 1.82) is 0 Å². The minimum absolute atomic E-state index is 0.103. The maximum Gasteiger partial charge on any atom is 0.273 e. The predicted molar refractivity (Wildman–Crippen MR) is 119 cm³/mol. The van der Waals surface area contributed by atoms with E-state index in [1.165, 1.54) is 11.0 Å². The van der Waals surface area contributed by atoms with E-state index in [0.29, 0.717) is 12.1 Å². The summed E-state index contributed by atoms with van der Waals surface area (Å²) >= 11 is 3.42. The second-order valence-electron chi connectivity index (χ2n) is 7.03. The summed E-state index contributed by atoms with van der Waals surface area (Å²) in [5.41, 5.74) is 1.08. The molecule has 0 heterocycles. The van der Waals surface area contributed by atoms with Gasteiger partial charge in [0.25, 0.3) is 5.69 Å². The number of carbonyl (C=O) groups is 2. The highest BCUT2D eigenvalue weighted by Crippen LogP contribution is 2.21. The monoisotopic (exact) mass is 475 g/mol. The summed E-state index contributed by atoms with van der Waals surface area (Å²) in [5.74, 6) is -0.586. The van der Waals surface area contributed by atoms with Crippen molar-refractivity contribution in [3.05, 3.63) is 74.2 Å². The molecule has 0 aliphatic carbocycles. The van der Waals surface area contributed by atoms with Crippen molar-refractivity contribution in [2.45, 2.75) is 45.7 Å². The summed E-state index contributed by atoms with van der Waals surface area (Å²) < 4.78 is 0.867. The Hall–Kier alpha value is -2.74. The molecule has 0 aliphatic rings. The first kappa shape index (κ1) is 23.5. The van der Waals surface area contributed by atoms with E-state index < -0.39 is 11.0 Å². The van der Waals surface area contributed by atoms with Gasteiger partial charge in [-0.1, -0.05) is 59.6 Å². The molecule has 2 amide bonds. The van der Waals surface area contributed by atoms with Gasteiger partial charge in [0.1, 0.15) is 6.04 Å². The highest BCUT2D eigenvalue weighted by molar-refractivity contribution is 9.10. The average Bonchev–Trinajstić information content (AvgIpc) is 2.71. The lowest BCUT2D eigenvalue weighted by Gasteiger charge is -2.29. The molecule has 1 atom stereocenters. The molecule has 0 bridgehead atoms. The lowest BCUT2D eigenvalue weighted by Crippen LogP contribution is -2.48. The van der Waals surface area contributed by atoms with Gasteiger partial charge < -0.3 is 10.2 Å². The molecule has 160 valence electrons. The SMILES string of the molecule is CCCCNC(=O)[C@H](C)N(Cc1cccc(Br)c1)C(=O)Cc1ccccc1[N+](=O)[O-]. The Morgan fingerprint density at radius 3 is 2.60 bits per heavy atom. The Bertz CT molecular complexity index is 903. The number of para-hydroxylation sites is 1. The summed E-state index contributed by atoms with van der Waals surface area (Å²) in [6.07, 6.45) is 1.65. The van der Waals surface area contributed by atoms with Crippen LogP contribution < -0.4 is 5.32 Å². The second kappa shape index (κ2) is 11.4. The second-order valence-corrected chi connectivity index (χ2v) is 7.95. The maximum absolute atomic E-state index is 13.2. The van der Waals surface area contributed by atoms with Crippen LogP contribution in [-0.2, 0) is 22.6 Å². The van der Waals surface area contributed by atoms with Crippen LogP contribution in [0.1, 0.15) is 37.8 Å². The largest absolute Gasteiger partial charge is 0.354 e. The number of halogens is 1. The summed E-state index contributed by atoms with van der Waals surface area (Å²) in [5, 5.41) is 14.2. The average molecular weight is 476 g/mol. The van der Waals surface area contributed by atoms with Crippen LogP contribution in [0.3, 0.4) is 0 Å². The van der Waals surface area contributed by atoms with Crippen LogP contribution in [-0.4, -0.2) is 34.2 Å². The molecule has 2 aromatic carbocycles. The highest BCUT2D eigenvalue weighted by Gasteiger charge is 2.27. The van der Waals surface area contributed by atoms with Crippen molar-refractivity contribution in [3.8, 4) is 0 Å². The third-order valence-electron chi connectivity index (χ3n) is 4.77. The van der Waals surface area contributed by atoms with E-state index in [9.17, 15) is 19.7 Å². The number of nitro benzene ring substituents is 1. The summed E-state index contributed by atoms with van der Waals surface area (Å²) in [6, 6.07) is 13.0. The number of nitrogens with zero attached hydrogens (tertiary/aromatic N) is 2. The van der Waals surface area contributed by atoms with Gasteiger partial charge in [-0.05, 0) is 31.0 Å². The van der Waals surface area contributed by atoms with Gasteiger partial charge in [0.15, 0.2) is 0 Å². The molecule has 0 unspecified atom stereocenters. The number of hydrogen-bond acceptors (Lipinski definition) is 4. The van der Waals surface area contributed by atoms with Crippen LogP contribution in [0.2, 0.25) is 0 Å². The van der Waals surface area contributed by atoms with Crippen LogP contribution in [0.4, 0.5) is 5.69 Å². The Labute approximate surface area is 184 Å². The minimum Gasteiger partial charge on any atom is -0.354 e. The van der Waals surface area contributed by atoms with Crippen molar-refractivity contribution < 1.29 is 14.5 Å². The zero-order valence-electron chi connectivity index (χ0n) is 17.1. The van der Waals surface area contributed by atoms with Gasteiger partial charge in [-0.15, -0.1) is 0 Å². The first-order chi connectivity index (χ1) is 14.3. The standard InChI is InChI=1S/C22H26BrN3O4/c1-3-4-12-24-22(28)16(2)25(15-17-8-7-10-19(23)13-17)21(27)14-18-9-5-6-11-20(18)26(29)30/h5-11,13,16H,3-4,12,14-15H2,1-2H3,(H,24,28)/t16-/m0/s1. The van der Waals surface area contributed by atoms with Crippen molar-refractivity contribution in [1.82, 2.24) is 10.2 Å². The Morgan fingerprint density at radius 2 is 1.93 bits per heavy atom. The number of nitro groups is 1. The van der Waals surface area contributed by atoms with E-state index in [-0.39, 0.29) is 30.5 Å². The molecule has 7 nitrogen and oxygen atoms in total. The van der Waals surface area contributed by atoms with Crippen LogP contribution in [0, 0.1) is 10.1 Å². The quantitative estimate of drug-likeness (QED) is 0.316. The van der Waals surface area contributed by atoms with Gasteiger partial charge >= 0.3 is 0 Å². The van der Waals surface area contributed by atoms with Crippen molar-refractivity contribution >= 4 is 33.4 Å². The van der Waals surface area contributed by atoms with E-state index in [0.717, 1.165) is 22.9 Å². The van der Waals surface area contributed by atoms with Gasteiger partial charge in [0.2, 0.25) is 11.8 Å². The third kappa shape index (κ3) is 6.66. The number of amides is 2. The lowest BCUT2D eigenvalue weighted by molar-refractivity contribution is -0.385. The smallest absolute Gasteiger partial charge is 0.273 e. The van der Waals surface area contributed by atoms with Gasteiger partial charge in [-0.3, -0.25) is 19.7 Å². The molecule has 0 saturated heterocycles. The normalized spacial score (nSPS) is 11.6. The highest BCUT2D eigenvalue weighted by atomic mass is 79.9. The molecule has 0 radical (unpaired) electrons. The molecule has 0 spiro atoms. The number of rotatable bonds is 10. The fraction of sp³-hybridized carbons (Fsp3) is 0.364. The molecule has 0 aromatic heterocycles. The predicted octanol–water partition coefficient (Wildman–Crippen LogP) is 4.23. The summed E-state index contributed by atoms with van der Waals surface area (Å²) in [7, 11) is 0. The van der Waals surface area contributed by atoms with Gasteiger partial charge in [-0.25, -0.2) is 0 Å². The number of benzene rings is 2. The van der Waals surface area contributed by atoms with E-state index >= 15 is 0 Å². The molecular weight excluding hydrogens is 450 g/mol. The topological polar surface area (TPSA) is 92.6 Å². The number of hydrogen-bond donors (Lipinski definition) is 1. The third-order valence-corrected chi connectivity index (χ3v) is 5.26. The minimum atomic E-state index is -0.712. The fourth-order valence-corrected chi connectivity index (χ4v) is 3.50. The summed E-state index contributed by atoms with van der Waals surface area (Å²) in [4.78, 5) is 38.1. The van der Waals surface area contributed by atoms with Gasteiger partial charge in [0, 0.05) is 29.2 Å². The van der Waals surface area contributed by atoms with Crippen LogP contribution in [0.15, 0.2) is 53.0 Å². The fourth-order valence-electron chi connectivity index (χ4n) is 3.05. The Balaban J connectivity index is 2.26. The van der Waals surface area contributed by atoms with Crippen molar-refractivity contribution in [2.24, 2.45) is 0 Å². The molecule has 1 N–H and O–H groups in total. The number of unbranched alkanes of at least 4 members (excludes halogenated alkanes) is 1. The molecule has 0 fully saturated rings. The van der Waals surface area contributed by atoms with Crippen molar-refractivity contribution in [3.63, 3.8) is 0 Å². The van der Waals surface area contributed by atoms with Gasteiger partial charge in [0.05, 0.1) is 11.3 Å². The first-order valence-corrected chi connectivity index (χ1v) is 10.7. The summed E-state index contributed by atoms with van der Waals surface area (Å²) in [6.45, 7) is 4.48. The maximum atomic E-state index is 13.2.